The van der Waals surface area contributed by atoms with Gasteiger partial charge in [-0.2, -0.15) is 0 Å². The molecule has 1 atom stereocenters. The molecule has 2 aromatic rings. The van der Waals surface area contributed by atoms with Crippen LogP contribution < -0.4 is 5.32 Å². The average Bonchev–Trinajstić information content (AvgIpc) is 2.88. The van der Waals surface area contributed by atoms with Gasteiger partial charge in [0.25, 0.3) is 0 Å². The molecule has 0 unspecified atom stereocenters. The monoisotopic (exact) mass is 319 g/mol. The van der Waals surface area contributed by atoms with Crippen molar-refractivity contribution in [1.82, 2.24) is 5.32 Å². The summed E-state index contributed by atoms with van der Waals surface area (Å²) in [6.45, 7) is 3.58. The Balaban J connectivity index is 1.85. The quantitative estimate of drug-likeness (QED) is 0.821. The van der Waals surface area contributed by atoms with Crippen molar-refractivity contribution in [3.8, 4) is 0 Å². The SMILES string of the molecule is CC(C)[C@H](NC(=O)CCCc1csc2ccccc12)C(=O)O. The fourth-order valence-electron chi connectivity index (χ4n) is 2.42. The van der Waals surface area contributed by atoms with E-state index in [9.17, 15) is 9.59 Å². The van der Waals surface area contributed by atoms with Gasteiger partial charge in [-0.3, -0.25) is 4.79 Å². The third kappa shape index (κ3) is 4.07. The highest BCUT2D eigenvalue weighted by atomic mass is 32.1. The number of hydrogen-bond acceptors (Lipinski definition) is 3. The van der Waals surface area contributed by atoms with Crippen LogP contribution in [-0.2, 0) is 16.0 Å². The lowest BCUT2D eigenvalue weighted by Crippen LogP contribution is -2.44. The molecule has 0 fully saturated rings. The molecule has 4 nitrogen and oxygen atoms in total. The third-order valence-electron chi connectivity index (χ3n) is 3.66. The summed E-state index contributed by atoms with van der Waals surface area (Å²) in [5.41, 5.74) is 1.26. The lowest BCUT2D eigenvalue weighted by Gasteiger charge is -2.17. The van der Waals surface area contributed by atoms with Crippen molar-refractivity contribution in [2.75, 3.05) is 0 Å². The Labute approximate surface area is 134 Å². The summed E-state index contributed by atoms with van der Waals surface area (Å²) in [5, 5.41) is 15.1. The van der Waals surface area contributed by atoms with Crippen LogP contribution in [0.15, 0.2) is 29.6 Å². The summed E-state index contributed by atoms with van der Waals surface area (Å²) in [6, 6.07) is 7.42. The molecule has 22 heavy (non-hydrogen) atoms. The molecule has 5 heteroatoms. The van der Waals surface area contributed by atoms with Crippen LogP contribution in [0.25, 0.3) is 10.1 Å². The standard InChI is InChI=1S/C17H21NO3S/c1-11(2)16(17(20)21)18-15(19)9-5-6-12-10-22-14-8-4-3-7-13(12)14/h3-4,7-8,10-11,16H,5-6,9H2,1-2H3,(H,18,19)(H,20,21)/t16-/m0/s1. The van der Waals surface area contributed by atoms with E-state index in [1.54, 1.807) is 25.2 Å². The largest absolute Gasteiger partial charge is 0.480 e. The van der Waals surface area contributed by atoms with E-state index in [4.69, 9.17) is 5.11 Å². The fourth-order valence-corrected chi connectivity index (χ4v) is 3.42. The first-order valence-corrected chi connectivity index (χ1v) is 8.34. The number of rotatable bonds is 7. The van der Waals surface area contributed by atoms with Gasteiger partial charge in [0.05, 0.1) is 0 Å². The molecule has 0 saturated carbocycles. The van der Waals surface area contributed by atoms with E-state index >= 15 is 0 Å². The predicted molar refractivity (Wildman–Crippen MR) is 89.2 cm³/mol. The van der Waals surface area contributed by atoms with Crippen LogP contribution in [-0.4, -0.2) is 23.0 Å². The minimum atomic E-state index is -0.979. The summed E-state index contributed by atoms with van der Waals surface area (Å²) in [7, 11) is 0. The molecule has 1 aromatic carbocycles. The van der Waals surface area contributed by atoms with Crippen LogP contribution in [0.4, 0.5) is 0 Å². The van der Waals surface area contributed by atoms with E-state index < -0.39 is 12.0 Å². The highest BCUT2D eigenvalue weighted by Crippen LogP contribution is 2.26. The van der Waals surface area contributed by atoms with E-state index in [1.807, 2.05) is 12.1 Å². The van der Waals surface area contributed by atoms with Crippen molar-refractivity contribution >= 4 is 33.3 Å². The van der Waals surface area contributed by atoms with Crippen molar-refractivity contribution in [2.45, 2.75) is 39.2 Å². The summed E-state index contributed by atoms with van der Waals surface area (Å²) in [4.78, 5) is 23.0. The normalized spacial score (nSPS) is 12.5. The van der Waals surface area contributed by atoms with Crippen molar-refractivity contribution in [1.29, 1.82) is 0 Å². The molecule has 2 N–H and O–H groups in total. The van der Waals surface area contributed by atoms with Crippen LogP contribution in [0, 0.1) is 5.92 Å². The van der Waals surface area contributed by atoms with Crippen molar-refractivity contribution in [3.63, 3.8) is 0 Å². The number of amides is 1. The van der Waals surface area contributed by atoms with Gasteiger partial charge in [0, 0.05) is 11.1 Å². The first kappa shape index (κ1) is 16.5. The number of thiophene rings is 1. The average molecular weight is 319 g/mol. The van der Waals surface area contributed by atoms with Gasteiger partial charge >= 0.3 is 5.97 Å². The minimum absolute atomic E-state index is 0.123. The van der Waals surface area contributed by atoms with Gasteiger partial charge in [-0.15, -0.1) is 11.3 Å². The number of hydrogen-bond donors (Lipinski definition) is 2. The Hall–Kier alpha value is -1.88. The zero-order chi connectivity index (χ0) is 16.1. The summed E-state index contributed by atoms with van der Waals surface area (Å²) >= 11 is 1.71. The number of nitrogens with one attached hydrogen (secondary N) is 1. The Morgan fingerprint density at radius 3 is 2.68 bits per heavy atom. The number of carboxylic acid groups (broad SMARTS) is 1. The van der Waals surface area contributed by atoms with Gasteiger partial charge in [-0.1, -0.05) is 32.0 Å². The summed E-state index contributed by atoms with van der Waals surface area (Å²) in [6.07, 6.45) is 1.90. The first-order valence-electron chi connectivity index (χ1n) is 7.46. The Bertz CT molecular complexity index is 663. The van der Waals surface area contributed by atoms with Crippen LogP contribution in [0.1, 0.15) is 32.3 Å². The molecule has 0 spiro atoms. The zero-order valence-corrected chi connectivity index (χ0v) is 13.7. The second-order valence-corrected chi connectivity index (χ2v) is 6.65. The van der Waals surface area contributed by atoms with Gasteiger partial charge in [0.15, 0.2) is 0 Å². The van der Waals surface area contributed by atoms with Crippen molar-refractivity contribution in [2.24, 2.45) is 5.92 Å². The maximum atomic E-state index is 11.9. The Morgan fingerprint density at radius 1 is 1.27 bits per heavy atom. The Morgan fingerprint density at radius 2 is 2.00 bits per heavy atom. The van der Waals surface area contributed by atoms with E-state index in [0.717, 1.165) is 12.8 Å². The van der Waals surface area contributed by atoms with Crippen LogP contribution in [0.3, 0.4) is 0 Å². The van der Waals surface area contributed by atoms with E-state index in [1.165, 1.54) is 15.6 Å². The van der Waals surface area contributed by atoms with E-state index in [0.29, 0.717) is 6.42 Å². The van der Waals surface area contributed by atoms with Crippen LogP contribution in [0.2, 0.25) is 0 Å². The second-order valence-electron chi connectivity index (χ2n) is 5.74. The number of carbonyl (C=O) groups is 2. The molecular formula is C17H21NO3S. The maximum Gasteiger partial charge on any atom is 0.326 e. The molecule has 1 heterocycles. The highest BCUT2D eigenvalue weighted by Gasteiger charge is 2.22. The van der Waals surface area contributed by atoms with Crippen molar-refractivity contribution in [3.05, 3.63) is 35.2 Å². The molecule has 0 bridgehead atoms. The third-order valence-corrected chi connectivity index (χ3v) is 4.67. The van der Waals surface area contributed by atoms with Gasteiger partial charge in [-0.05, 0) is 41.2 Å². The smallest absolute Gasteiger partial charge is 0.326 e. The number of carboxylic acids is 1. The molecular weight excluding hydrogens is 298 g/mol. The molecule has 1 amide bonds. The summed E-state index contributed by atoms with van der Waals surface area (Å²) < 4.78 is 1.26. The van der Waals surface area contributed by atoms with Gasteiger partial charge < -0.3 is 10.4 Å². The lowest BCUT2D eigenvalue weighted by molar-refractivity contribution is -0.143. The first-order chi connectivity index (χ1) is 10.5. The molecule has 0 radical (unpaired) electrons. The Kier molecular flexibility index (Phi) is 5.55. The van der Waals surface area contributed by atoms with Crippen molar-refractivity contribution < 1.29 is 14.7 Å². The van der Waals surface area contributed by atoms with Crippen LogP contribution in [0.5, 0.6) is 0 Å². The molecule has 1 aromatic heterocycles. The number of aliphatic carboxylic acids is 1. The maximum absolute atomic E-state index is 11.9. The fraction of sp³-hybridized carbons (Fsp3) is 0.412. The zero-order valence-electron chi connectivity index (χ0n) is 12.8. The molecule has 2 rings (SSSR count). The van der Waals surface area contributed by atoms with E-state index in [-0.39, 0.29) is 11.8 Å². The van der Waals surface area contributed by atoms with Crippen LogP contribution >= 0.6 is 11.3 Å². The lowest BCUT2D eigenvalue weighted by atomic mass is 10.0. The molecule has 118 valence electrons. The minimum Gasteiger partial charge on any atom is -0.480 e. The van der Waals surface area contributed by atoms with Gasteiger partial charge in [0.2, 0.25) is 5.91 Å². The van der Waals surface area contributed by atoms with Gasteiger partial charge in [-0.25, -0.2) is 4.79 Å². The number of aryl methyl sites for hydroxylation is 1. The molecule has 0 saturated heterocycles. The molecule has 0 aliphatic rings. The summed E-state index contributed by atoms with van der Waals surface area (Å²) in [5.74, 6) is -1.30. The number of benzene rings is 1. The molecule has 0 aliphatic carbocycles. The molecule has 0 aliphatic heterocycles. The predicted octanol–water partition coefficient (Wildman–Crippen LogP) is 3.45. The van der Waals surface area contributed by atoms with E-state index in [2.05, 4.69) is 22.8 Å². The van der Waals surface area contributed by atoms with Gasteiger partial charge in [0.1, 0.15) is 6.04 Å². The topological polar surface area (TPSA) is 66.4 Å². The number of carbonyl (C=O) groups excluding carboxylic acids is 1. The second kappa shape index (κ2) is 7.40. The highest BCUT2D eigenvalue weighted by molar-refractivity contribution is 7.17. The number of fused-ring (bicyclic) bond motifs is 1.